The van der Waals surface area contributed by atoms with Crippen LogP contribution in [0, 0.1) is 0 Å². The van der Waals surface area contributed by atoms with Gasteiger partial charge in [-0.3, -0.25) is 9.58 Å². The average molecular weight is 341 g/mol. The Morgan fingerprint density at radius 2 is 1.88 bits per heavy atom. The summed E-state index contributed by atoms with van der Waals surface area (Å²) in [5, 5.41) is 13.9. The van der Waals surface area contributed by atoms with Crippen molar-refractivity contribution in [3.05, 3.63) is 41.6 Å². The molecule has 136 valence electrons. The zero-order valence-corrected chi connectivity index (χ0v) is 15.6. The van der Waals surface area contributed by atoms with Gasteiger partial charge in [0, 0.05) is 37.5 Å². The molecule has 0 amide bonds. The molecule has 1 aromatic heterocycles. The molecule has 0 atom stereocenters. The van der Waals surface area contributed by atoms with Gasteiger partial charge in [-0.1, -0.05) is 50.5 Å². The van der Waals surface area contributed by atoms with Crippen LogP contribution >= 0.6 is 0 Å². The van der Waals surface area contributed by atoms with Crippen LogP contribution in [-0.4, -0.2) is 39.5 Å². The third-order valence-electron chi connectivity index (χ3n) is 5.42. The van der Waals surface area contributed by atoms with E-state index in [0.717, 1.165) is 24.7 Å². The quantitative estimate of drug-likeness (QED) is 0.829. The first-order chi connectivity index (χ1) is 12.2. The minimum Gasteiger partial charge on any atom is -0.395 e. The van der Waals surface area contributed by atoms with E-state index in [1.54, 1.807) is 0 Å². The second-order valence-corrected chi connectivity index (χ2v) is 7.23. The SMILES string of the molecule is CCN(CCO)Cc1cn(C)nc1-c1ccc(C2CCCCC2)cc1. The van der Waals surface area contributed by atoms with Crippen molar-refractivity contribution in [2.24, 2.45) is 7.05 Å². The van der Waals surface area contributed by atoms with E-state index in [2.05, 4.69) is 42.3 Å². The van der Waals surface area contributed by atoms with Crippen molar-refractivity contribution in [3.63, 3.8) is 0 Å². The lowest BCUT2D eigenvalue weighted by atomic mass is 9.84. The molecule has 1 heterocycles. The Bertz CT molecular complexity index is 656. The number of aromatic nitrogens is 2. The molecule has 0 unspecified atom stereocenters. The number of benzene rings is 1. The fourth-order valence-corrected chi connectivity index (χ4v) is 3.98. The Morgan fingerprint density at radius 3 is 2.52 bits per heavy atom. The van der Waals surface area contributed by atoms with Gasteiger partial charge < -0.3 is 5.11 Å². The molecule has 3 rings (SSSR count). The summed E-state index contributed by atoms with van der Waals surface area (Å²) in [5.74, 6) is 0.742. The number of nitrogens with zero attached hydrogens (tertiary/aromatic N) is 3. The summed E-state index contributed by atoms with van der Waals surface area (Å²) in [6.45, 7) is 4.77. The highest BCUT2D eigenvalue weighted by Crippen LogP contribution is 2.33. The molecule has 25 heavy (non-hydrogen) atoms. The molecule has 1 aliphatic carbocycles. The van der Waals surface area contributed by atoms with Crippen LogP contribution in [0.4, 0.5) is 0 Å². The summed E-state index contributed by atoms with van der Waals surface area (Å²) >= 11 is 0. The molecule has 0 spiro atoms. The van der Waals surface area contributed by atoms with Crippen LogP contribution in [0.2, 0.25) is 0 Å². The Balaban J connectivity index is 1.79. The molecule has 4 heteroatoms. The van der Waals surface area contributed by atoms with Gasteiger partial charge in [0.15, 0.2) is 0 Å². The topological polar surface area (TPSA) is 41.3 Å². The fraction of sp³-hybridized carbons (Fsp3) is 0.571. The van der Waals surface area contributed by atoms with Gasteiger partial charge in [0.1, 0.15) is 0 Å². The Hall–Kier alpha value is -1.65. The summed E-state index contributed by atoms with van der Waals surface area (Å²) in [7, 11) is 1.98. The zero-order valence-electron chi connectivity index (χ0n) is 15.6. The first kappa shape index (κ1) is 18.2. The van der Waals surface area contributed by atoms with Crippen molar-refractivity contribution >= 4 is 0 Å². The summed E-state index contributed by atoms with van der Waals surface area (Å²) in [5.41, 5.74) is 4.96. The van der Waals surface area contributed by atoms with Crippen LogP contribution < -0.4 is 0 Å². The lowest BCUT2D eigenvalue weighted by molar-refractivity contribution is 0.197. The van der Waals surface area contributed by atoms with Crippen LogP contribution in [0.15, 0.2) is 30.5 Å². The van der Waals surface area contributed by atoms with Crippen molar-refractivity contribution in [2.45, 2.75) is 51.5 Å². The van der Waals surface area contributed by atoms with Crippen LogP contribution in [0.1, 0.15) is 56.1 Å². The number of likely N-dealkylation sites (N-methyl/N-ethyl adjacent to an activating group) is 1. The zero-order chi connectivity index (χ0) is 17.6. The molecule has 1 aliphatic rings. The highest BCUT2D eigenvalue weighted by Gasteiger charge is 2.17. The number of hydrogen-bond donors (Lipinski definition) is 1. The number of hydrogen-bond acceptors (Lipinski definition) is 3. The summed E-state index contributed by atoms with van der Waals surface area (Å²) in [6, 6.07) is 9.07. The highest BCUT2D eigenvalue weighted by molar-refractivity contribution is 5.63. The summed E-state index contributed by atoms with van der Waals surface area (Å²) < 4.78 is 1.90. The maximum Gasteiger partial charge on any atom is 0.0968 e. The van der Waals surface area contributed by atoms with Crippen molar-refractivity contribution in [3.8, 4) is 11.3 Å². The van der Waals surface area contributed by atoms with Crippen LogP contribution in [0.5, 0.6) is 0 Å². The molecule has 0 saturated heterocycles. The van der Waals surface area contributed by atoms with Crippen LogP contribution in [0.25, 0.3) is 11.3 Å². The number of aliphatic hydroxyl groups excluding tert-OH is 1. The molecule has 0 radical (unpaired) electrons. The third kappa shape index (κ3) is 4.50. The Kier molecular flexibility index (Phi) is 6.27. The lowest BCUT2D eigenvalue weighted by Gasteiger charge is -2.22. The fourth-order valence-electron chi connectivity index (χ4n) is 3.98. The molecule has 1 fully saturated rings. The minimum atomic E-state index is 0.194. The predicted octanol–water partition coefficient (Wildman–Crippen LogP) is 3.95. The van der Waals surface area contributed by atoms with Gasteiger partial charge in [-0.25, -0.2) is 0 Å². The second kappa shape index (κ2) is 8.63. The van der Waals surface area contributed by atoms with Gasteiger partial charge in [-0.05, 0) is 30.9 Å². The van der Waals surface area contributed by atoms with Crippen molar-refractivity contribution in [1.82, 2.24) is 14.7 Å². The van der Waals surface area contributed by atoms with Crippen LogP contribution in [0.3, 0.4) is 0 Å². The molecular weight excluding hydrogens is 310 g/mol. The molecule has 0 aliphatic heterocycles. The van der Waals surface area contributed by atoms with E-state index in [9.17, 15) is 5.11 Å². The first-order valence-electron chi connectivity index (χ1n) is 9.67. The summed E-state index contributed by atoms with van der Waals surface area (Å²) in [4.78, 5) is 2.25. The lowest BCUT2D eigenvalue weighted by Crippen LogP contribution is -2.26. The van der Waals surface area contributed by atoms with Crippen molar-refractivity contribution < 1.29 is 5.11 Å². The van der Waals surface area contributed by atoms with Gasteiger partial charge in [-0.2, -0.15) is 5.10 Å². The normalized spacial score (nSPS) is 15.8. The molecule has 1 N–H and O–H groups in total. The molecule has 2 aromatic rings. The van der Waals surface area contributed by atoms with Crippen LogP contribution in [-0.2, 0) is 13.6 Å². The smallest absolute Gasteiger partial charge is 0.0968 e. The van der Waals surface area contributed by atoms with Gasteiger partial charge in [0.2, 0.25) is 0 Å². The molecule has 4 nitrogen and oxygen atoms in total. The van der Waals surface area contributed by atoms with E-state index in [1.165, 1.54) is 48.8 Å². The minimum absolute atomic E-state index is 0.194. The maximum atomic E-state index is 9.23. The Morgan fingerprint density at radius 1 is 1.16 bits per heavy atom. The van der Waals surface area contributed by atoms with E-state index >= 15 is 0 Å². The molecular formula is C21H31N3O. The largest absolute Gasteiger partial charge is 0.395 e. The predicted molar refractivity (Wildman–Crippen MR) is 103 cm³/mol. The van der Waals surface area contributed by atoms with Gasteiger partial charge in [-0.15, -0.1) is 0 Å². The number of rotatable bonds is 7. The van der Waals surface area contributed by atoms with Gasteiger partial charge in [0.05, 0.1) is 12.3 Å². The number of aryl methyl sites for hydroxylation is 1. The number of aliphatic hydroxyl groups is 1. The van der Waals surface area contributed by atoms with E-state index in [0.29, 0.717) is 6.54 Å². The van der Waals surface area contributed by atoms with Gasteiger partial charge in [0.25, 0.3) is 0 Å². The van der Waals surface area contributed by atoms with E-state index in [1.807, 2.05) is 11.7 Å². The first-order valence-corrected chi connectivity index (χ1v) is 9.67. The van der Waals surface area contributed by atoms with Crippen molar-refractivity contribution in [1.29, 1.82) is 0 Å². The molecule has 1 saturated carbocycles. The van der Waals surface area contributed by atoms with E-state index < -0.39 is 0 Å². The third-order valence-corrected chi connectivity index (χ3v) is 5.42. The van der Waals surface area contributed by atoms with Gasteiger partial charge >= 0.3 is 0 Å². The van der Waals surface area contributed by atoms with E-state index in [-0.39, 0.29) is 6.61 Å². The summed E-state index contributed by atoms with van der Waals surface area (Å²) in [6.07, 6.45) is 8.91. The van der Waals surface area contributed by atoms with Crippen molar-refractivity contribution in [2.75, 3.05) is 19.7 Å². The standard InChI is InChI=1S/C21H31N3O/c1-3-24(13-14-25)16-20-15-23(2)22-21(20)19-11-9-18(10-12-19)17-7-5-4-6-8-17/h9-12,15,17,25H,3-8,13-14,16H2,1-2H3. The molecule has 0 bridgehead atoms. The maximum absolute atomic E-state index is 9.23. The monoisotopic (exact) mass is 341 g/mol. The average Bonchev–Trinajstić information content (AvgIpc) is 3.02. The second-order valence-electron chi connectivity index (χ2n) is 7.23. The highest BCUT2D eigenvalue weighted by atomic mass is 16.3. The molecule has 1 aromatic carbocycles. The van der Waals surface area contributed by atoms with E-state index in [4.69, 9.17) is 5.10 Å². The Labute approximate surface area is 151 Å².